The summed E-state index contributed by atoms with van der Waals surface area (Å²) in [7, 11) is 0. The van der Waals surface area contributed by atoms with Crippen LogP contribution in [0.15, 0.2) is 63.1 Å². The number of ether oxygens (including phenoxy) is 1. The predicted molar refractivity (Wildman–Crippen MR) is 108 cm³/mol. The summed E-state index contributed by atoms with van der Waals surface area (Å²) < 4.78 is 11.1. The lowest BCUT2D eigenvalue weighted by Crippen LogP contribution is -2.05. The number of carboxylic acid groups (broad SMARTS) is 1. The maximum atomic E-state index is 11.6. The lowest BCUT2D eigenvalue weighted by molar-refractivity contribution is -0.131. The number of hydrogen-bond donors (Lipinski definition) is 1. The quantitative estimate of drug-likeness (QED) is 0.408. The van der Waals surface area contributed by atoms with Gasteiger partial charge in [-0.25, -0.2) is 4.79 Å². The van der Waals surface area contributed by atoms with Crippen molar-refractivity contribution in [2.45, 2.75) is 25.2 Å². The molecule has 1 heterocycles. The molecule has 1 aromatic heterocycles. The van der Waals surface area contributed by atoms with Gasteiger partial charge in [-0.1, -0.05) is 23.7 Å². The Morgan fingerprint density at radius 1 is 1.14 bits per heavy atom. The normalized spacial score (nSPS) is 11.6. The minimum absolute atomic E-state index is 0.0591. The van der Waals surface area contributed by atoms with Crippen molar-refractivity contribution in [2.75, 3.05) is 0 Å². The Morgan fingerprint density at radius 3 is 2.43 bits per heavy atom. The minimum atomic E-state index is -1.08. The molecule has 0 amide bonds. The van der Waals surface area contributed by atoms with Gasteiger partial charge in [-0.15, -0.1) is 10.2 Å². The number of halogens is 1. The van der Waals surface area contributed by atoms with Crippen LogP contribution in [0.25, 0.3) is 17.5 Å². The van der Waals surface area contributed by atoms with Crippen LogP contribution in [0.5, 0.6) is 5.75 Å². The fraction of sp³-hybridized carbons (Fsp3) is 0.150. The van der Waals surface area contributed by atoms with Gasteiger partial charge in [0.05, 0.1) is 6.10 Å². The van der Waals surface area contributed by atoms with Gasteiger partial charge < -0.3 is 14.3 Å². The van der Waals surface area contributed by atoms with Gasteiger partial charge in [0.1, 0.15) is 10.7 Å². The molecule has 2 aromatic carbocycles. The van der Waals surface area contributed by atoms with E-state index in [0.29, 0.717) is 16.5 Å². The lowest BCUT2D eigenvalue weighted by atomic mass is 10.2. The third-order valence-corrected chi connectivity index (χ3v) is 4.56. The van der Waals surface area contributed by atoms with Gasteiger partial charge in [0.25, 0.3) is 5.22 Å². The molecule has 144 valence electrons. The highest BCUT2D eigenvalue weighted by Crippen LogP contribution is 2.30. The first-order valence-electron chi connectivity index (χ1n) is 8.40. The number of aliphatic carboxylic acids is 1. The van der Waals surface area contributed by atoms with Crippen LogP contribution in [0.1, 0.15) is 19.4 Å². The molecule has 3 rings (SSSR count). The van der Waals surface area contributed by atoms with E-state index in [1.54, 1.807) is 48.5 Å². The van der Waals surface area contributed by atoms with Gasteiger partial charge in [-0.05, 0) is 73.6 Å². The number of hydrogen-bond acceptors (Lipinski definition) is 6. The van der Waals surface area contributed by atoms with Crippen LogP contribution < -0.4 is 4.74 Å². The zero-order chi connectivity index (χ0) is 20.1. The van der Waals surface area contributed by atoms with E-state index in [4.69, 9.17) is 20.8 Å². The third kappa shape index (κ3) is 5.37. The zero-order valence-electron chi connectivity index (χ0n) is 15.1. The van der Waals surface area contributed by atoms with E-state index >= 15 is 0 Å². The van der Waals surface area contributed by atoms with Crippen molar-refractivity contribution in [3.63, 3.8) is 0 Å². The molecule has 0 atom stereocenters. The molecule has 0 fully saturated rings. The van der Waals surface area contributed by atoms with Gasteiger partial charge in [0.2, 0.25) is 5.89 Å². The van der Waals surface area contributed by atoms with Gasteiger partial charge in [0, 0.05) is 10.6 Å². The fourth-order valence-corrected chi connectivity index (χ4v) is 3.05. The van der Waals surface area contributed by atoms with Crippen molar-refractivity contribution >= 4 is 35.4 Å². The van der Waals surface area contributed by atoms with E-state index < -0.39 is 5.97 Å². The van der Waals surface area contributed by atoms with Gasteiger partial charge >= 0.3 is 5.97 Å². The lowest BCUT2D eigenvalue weighted by Gasteiger charge is -2.09. The van der Waals surface area contributed by atoms with Crippen LogP contribution in [-0.2, 0) is 4.79 Å². The molecule has 0 aliphatic heterocycles. The Morgan fingerprint density at radius 2 is 1.82 bits per heavy atom. The number of carbonyl (C=O) groups is 1. The molecule has 0 saturated carbocycles. The average Bonchev–Trinajstić information content (AvgIpc) is 3.11. The summed E-state index contributed by atoms with van der Waals surface area (Å²) in [5.41, 5.74) is 1.42. The number of aromatic nitrogens is 2. The first-order valence-corrected chi connectivity index (χ1v) is 9.59. The molecule has 0 aliphatic carbocycles. The second-order valence-electron chi connectivity index (χ2n) is 6.03. The average molecular weight is 417 g/mol. The van der Waals surface area contributed by atoms with Crippen LogP contribution in [-0.4, -0.2) is 27.4 Å². The highest BCUT2D eigenvalue weighted by molar-refractivity contribution is 8.03. The van der Waals surface area contributed by atoms with E-state index in [0.717, 1.165) is 23.1 Å². The maximum Gasteiger partial charge on any atom is 0.342 e. The highest BCUT2D eigenvalue weighted by Gasteiger charge is 2.16. The van der Waals surface area contributed by atoms with Crippen LogP contribution in [0.2, 0.25) is 5.02 Å². The number of carboxylic acids is 1. The molecule has 0 radical (unpaired) electrons. The van der Waals surface area contributed by atoms with E-state index in [1.165, 1.54) is 6.08 Å². The number of thioether (sulfide) groups is 1. The van der Waals surface area contributed by atoms with Crippen molar-refractivity contribution in [2.24, 2.45) is 0 Å². The summed E-state index contributed by atoms with van der Waals surface area (Å²) >= 11 is 6.76. The highest BCUT2D eigenvalue weighted by atomic mass is 35.5. The van der Waals surface area contributed by atoms with E-state index in [2.05, 4.69) is 10.2 Å². The molecule has 28 heavy (non-hydrogen) atoms. The monoisotopic (exact) mass is 416 g/mol. The zero-order valence-corrected chi connectivity index (χ0v) is 16.7. The number of benzene rings is 2. The summed E-state index contributed by atoms with van der Waals surface area (Å²) in [5.74, 6) is -0.0703. The second kappa shape index (κ2) is 8.95. The van der Waals surface area contributed by atoms with E-state index in [1.807, 2.05) is 13.8 Å². The van der Waals surface area contributed by atoms with Crippen LogP contribution in [0.3, 0.4) is 0 Å². The summed E-state index contributed by atoms with van der Waals surface area (Å²) in [6.07, 6.45) is 1.61. The first kappa shape index (κ1) is 20.0. The molecule has 0 spiro atoms. The Hall–Kier alpha value is -2.77. The van der Waals surface area contributed by atoms with E-state index in [9.17, 15) is 9.90 Å². The molecule has 0 unspecified atom stereocenters. The Kier molecular flexibility index (Phi) is 6.38. The first-order chi connectivity index (χ1) is 13.4. The van der Waals surface area contributed by atoms with Gasteiger partial charge in [-0.2, -0.15) is 0 Å². The molecular formula is C20H17ClN2O4S. The fourth-order valence-electron chi connectivity index (χ4n) is 2.26. The Labute approximate surface area is 171 Å². The number of rotatable bonds is 7. The largest absolute Gasteiger partial charge is 0.491 e. The minimum Gasteiger partial charge on any atom is -0.491 e. The predicted octanol–water partition coefficient (Wildman–Crippen LogP) is 5.40. The standard InChI is InChI=1S/C20H17ClN2O4S/c1-12(2)26-16-9-3-13(4-10-16)11-17(19(24)25)28-20-23-22-18(27-20)14-5-7-15(21)8-6-14/h3-12H,1-2H3,(H,24,25)/b17-11-. The number of nitrogens with zero attached hydrogens (tertiary/aromatic N) is 2. The second-order valence-corrected chi connectivity index (χ2v) is 7.46. The molecule has 3 aromatic rings. The SMILES string of the molecule is CC(C)Oc1ccc(/C=C(\Sc2nnc(-c3ccc(Cl)cc3)o2)C(=O)O)cc1. The smallest absolute Gasteiger partial charge is 0.342 e. The van der Waals surface area contributed by atoms with Crippen LogP contribution >= 0.6 is 23.4 Å². The topological polar surface area (TPSA) is 85.5 Å². The van der Waals surface area contributed by atoms with Crippen molar-refractivity contribution < 1.29 is 19.1 Å². The van der Waals surface area contributed by atoms with Gasteiger partial charge in [-0.3, -0.25) is 0 Å². The molecule has 0 saturated heterocycles. The molecular weight excluding hydrogens is 400 g/mol. The maximum absolute atomic E-state index is 11.6. The van der Waals surface area contributed by atoms with Crippen molar-refractivity contribution in [3.05, 3.63) is 64.0 Å². The Bertz CT molecular complexity index is 982. The Balaban J connectivity index is 1.77. The summed E-state index contributed by atoms with van der Waals surface area (Å²) in [6, 6.07) is 14.1. The third-order valence-electron chi connectivity index (χ3n) is 3.46. The van der Waals surface area contributed by atoms with Crippen molar-refractivity contribution in [3.8, 4) is 17.2 Å². The molecule has 1 N–H and O–H groups in total. The van der Waals surface area contributed by atoms with Gasteiger partial charge in [0.15, 0.2) is 0 Å². The summed E-state index contributed by atoms with van der Waals surface area (Å²) in [5, 5.41) is 18.1. The van der Waals surface area contributed by atoms with E-state index in [-0.39, 0.29) is 16.2 Å². The molecule has 8 heteroatoms. The molecule has 0 aliphatic rings. The summed E-state index contributed by atoms with van der Waals surface area (Å²) in [6.45, 7) is 3.88. The summed E-state index contributed by atoms with van der Waals surface area (Å²) in [4.78, 5) is 11.7. The molecule has 0 bridgehead atoms. The van der Waals surface area contributed by atoms with Crippen molar-refractivity contribution in [1.82, 2.24) is 10.2 Å². The van der Waals surface area contributed by atoms with Crippen LogP contribution in [0.4, 0.5) is 0 Å². The molecule has 6 nitrogen and oxygen atoms in total. The van der Waals surface area contributed by atoms with Crippen molar-refractivity contribution in [1.29, 1.82) is 0 Å². The van der Waals surface area contributed by atoms with Crippen LogP contribution in [0, 0.1) is 0 Å².